The van der Waals surface area contributed by atoms with Crippen LogP contribution in [0.15, 0.2) is 70.7 Å². The average molecular weight is 356 g/mol. The van der Waals surface area contributed by atoms with E-state index in [-0.39, 0.29) is 6.04 Å². The largest absolute Gasteiger partial charge is 0.288 e. The lowest BCUT2D eigenvalue weighted by Crippen LogP contribution is -2.30. The molecule has 0 aromatic heterocycles. The van der Waals surface area contributed by atoms with Crippen LogP contribution >= 0.6 is 0 Å². The van der Waals surface area contributed by atoms with Crippen molar-refractivity contribution in [3.63, 3.8) is 0 Å². The topological polar surface area (TPSA) is 78.4 Å². The second kappa shape index (κ2) is 8.20. The van der Waals surface area contributed by atoms with Crippen molar-refractivity contribution >= 4 is 23.0 Å². The van der Waals surface area contributed by atoms with Crippen LogP contribution in [-0.2, 0) is 15.8 Å². The van der Waals surface area contributed by atoms with E-state index in [1.54, 1.807) is 30.3 Å². The molecule has 3 N–H and O–H groups in total. The summed E-state index contributed by atoms with van der Waals surface area (Å²) in [4.78, 5) is 11.7. The van der Waals surface area contributed by atoms with Crippen LogP contribution in [0.4, 0.5) is 0 Å². The summed E-state index contributed by atoms with van der Waals surface area (Å²) in [5.74, 6) is -0.608. The zero-order valence-corrected chi connectivity index (χ0v) is 14.5. The molecular weight excluding hydrogens is 336 g/mol. The summed E-state index contributed by atoms with van der Waals surface area (Å²) in [6.45, 7) is 0. The van der Waals surface area contributed by atoms with Crippen LogP contribution < -0.4 is 10.2 Å². The summed E-state index contributed by atoms with van der Waals surface area (Å²) in [6.07, 6.45) is 14.0. The molecule has 0 radical (unpaired) electrons. The molecule has 130 valence electrons. The normalized spacial score (nSPS) is 20.6. The van der Waals surface area contributed by atoms with Gasteiger partial charge < -0.3 is 0 Å². The highest BCUT2D eigenvalue weighted by molar-refractivity contribution is 7.83. The SMILES string of the molecule is O=C(/C=C/c1cccc(S(=O)NC2CCC3=C2C=CC=CC3)c1)NO. The molecule has 3 rings (SSSR count). The van der Waals surface area contributed by atoms with Crippen molar-refractivity contribution in [3.8, 4) is 0 Å². The summed E-state index contributed by atoms with van der Waals surface area (Å²) in [5, 5.41) is 8.51. The van der Waals surface area contributed by atoms with Gasteiger partial charge in [0.05, 0.1) is 4.90 Å². The lowest BCUT2D eigenvalue weighted by atomic mass is 10.1. The number of hydroxylamine groups is 1. The highest BCUT2D eigenvalue weighted by Crippen LogP contribution is 2.32. The number of hydrogen-bond acceptors (Lipinski definition) is 3. The molecule has 0 fully saturated rings. The number of benzene rings is 1. The van der Waals surface area contributed by atoms with Gasteiger partial charge in [-0.1, -0.05) is 42.0 Å². The van der Waals surface area contributed by atoms with Crippen molar-refractivity contribution < 1.29 is 14.2 Å². The van der Waals surface area contributed by atoms with Gasteiger partial charge in [0, 0.05) is 12.1 Å². The highest BCUT2D eigenvalue weighted by atomic mass is 32.2. The number of carbonyl (C=O) groups is 1. The zero-order chi connectivity index (χ0) is 17.6. The Morgan fingerprint density at radius 2 is 2.20 bits per heavy atom. The molecule has 0 saturated carbocycles. The minimum Gasteiger partial charge on any atom is -0.288 e. The Morgan fingerprint density at radius 3 is 3.04 bits per heavy atom. The maximum atomic E-state index is 12.7. The van der Waals surface area contributed by atoms with Crippen molar-refractivity contribution in [1.82, 2.24) is 10.2 Å². The number of hydrogen-bond donors (Lipinski definition) is 3. The summed E-state index contributed by atoms with van der Waals surface area (Å²) in [7, 11) is -1.34. The number of nitrogens with one attached hydrogen (secondary N) is 2. The fraction of sp³-hybridized carbons (Fsp3) is 0.211. The van der Waals surface area contributed by atoms with E-state index >= 15 is 0 Å². The maximum absolute atomic E-state index is 12.7. The second-order valence-electron chi connectivity index (χ2n) is 5.91. The standard InChI is InChI=1S/C19H20N2O3S/c22-19(20-23)12-9-14-5-4-7-16(13-14)25(24)21-18-11-10-15-6-2-1-3-8-17(15)18/h1-5,7-9,12-13,18,21,23H,6,10-11H2,(H,20,22)/b12-9+. The van der Waals surface area contributed by atoms with Gasteiger partial charge in [0.15, 0.2) is 0 Å². The molecule has 0 aliphatic heterocycles. The molecule has 0 spiro atoms. The molecular formula is C19H20N2O3S. The molecule has 2 atom stereocenters. The first kappa shape index (κ1) is 17.5. The molecule has 1 aromatic carbocycles. The molecule has 6 heteroatoms. The second-order valence-corrected chi connectivity index (χ2v) is 7.15. The minimum atomic E-state index is -1.34. The van der Waals surface area contributed by atoms with Crippen LogP contribution in [0.25, 0.3) is 6.08 Å². The minimum absolute atomic E-state index is 0.0892. The van der Waals surface area contributed by atoms with Crippen LogP contribution in [-0.4, -0.2) is 21.4 Å². The van der Waals surface area contributed by atoms with Crippen LogP contribution in [0.5, 0.6) is 0 Å². The van der Waals surface area contributed by atoms with E-state index in [2.05, 4.69) is 16.9 Å². The number of carbonyl (C=O) groups excluding carboxylic acids is 1. The smallest absolute Gasteiger partial charge is 0.267 e. The van der Waals surface area contributed by atoms with E-state index < -0.39 is 16.9 Å². The molecule has 1 aromatic rings. The van der Waals surface area contributed by atoms with E-state index in [0.717, 1.165) is 24.8 Å². The Morgan fingerprint density at radius 1 is 1.32 bits per heavy atom. The van der Waals surface area contributed by atoms with Gasteiger partial charge in [-0.25, -0.2) is 14.4 Å². The van der Waals surface area contributed by atoms with E-state index in [0.29, 0.717) is 4.90 Å². The van der Waals surface area contributed by atoms with Crippen molar-refractivity contribution in [3.05, 3.63) is 71.4 Å². The van der Waals surface area contributed by atoms with Crippen LogP contribution in [0.1, 0.15) is 24.8 Å². The maximum Gasteiger partial charge on any atom is 0.267 e. The molecule has 25 heavy (non-hydrogen) atoms. The number of allylic oxidation sites excluding steroid dienone is 4. The average Bonchev–Trinajstić information content (AvgIpc) is 2.86. The summed E-state index contributed by atoms with van der Waals surface area (Å²) < 4.78 is 15.9. The van der Waals surface area contributed by atoms with Gasteiger partial charge in [0.25, 0.3) is 5.91 Å². The van der Waals surface area contributed by atoms with Gasteiger partial charge >= 0.3 is 0 Å². The fourth-order valence-electron chi connectivity index (χ4n) is 3.03. The fourth-order valence-corrected chi connectivity index (χ4v) is 4.11. The Bertz CT molecular complexity index is 809. The van der Waals surface area contributed by atoms with E-state index in [1.165, 1.54) is 22.7 Å². The molecule has 0 heterocycles. The first-order chi connectivity index (χ1) is 12.2. The lowest BCUT2D eigenvalue weighted by molar-refractivity contribution is -0.124. The zero-order valence-electron chi connectivity index (χ0n) is 13.6. The van der Waals surface area contributed by atoms with Crippen molar-refractivity contribution in [1.29, 1.82) is 0 Å². The summed E-state index contributed by atoms with van der Waals surface area (Å²) >= 11 is 0. The van der Waals surface area contributed by atoms with Gasteiger partial charge in [-0.15, -0.1) is 0 Å². The lowest BCUT2D eigenvalue weighted by Gasteiger charge is -2.14. The summed E-state index contributed by atoms with van der Waals surface area (Å²) in [5.41, 5.74) is 4.93. The third kappa shape index (κ3) is 4.42. The van der Waals surface area contributed by atoms with Gasteiger partial charge in [-0.3, -0.25) is 10.0 Å². The predicted molar refractivity (Wildman–Crippen MR) is 97.9 cm³/mol. The Balaban J connectivity index is 1.71. The predicted octanol–water partition coefficient (Wildman–Crippen LogP) is 2.79. The van der Waals surface area contributed by atoms with Gasteiger partial charge in [0.1, 0.15) is 11.0 Å². The summed E-state index contributed by atoms with van der Waals surface area (Å²) in [6, 6.07) is 7.24. The van der Waals surface area contributed by atoms with E-state index in [4.69, 9.17) is 5.21 Å². The molecule has 0 saturated heterocycles. The van der Waals surface area contributed by atoms with Crippen LogP contribution in [0, 0.1) is 0 Å². The van der Waals surface area contributed by atoms with E-state index in [9.17, 15) is 9.00 Å². The molecule has 2 unspecified atom stereocenters. The van der Waals surface area contributed by atoms with Gasteiger partial charge in [0.2, 0.25) is 0 Å². The molecule has 1 amide bonds. The molecule has 5 nitrogen and oxygen atoms in total. The molecule has 0 bridgehead atoms. The van der Waals surface area contributed by atoms with Gasteiger partial charge in [-0.05, 0) is 48.6 Å². The Hall–Kier alpha value is -2.28. The van der Waals surface area contributed by atoms with Crippen LogP contribution in [0.3, 0.4) is 0 Å². The monoisotopic (exact) mass is 356 g/mol. The Kier molecular flexibility index (Phi) is 5.75. The Labute approximate surface area is 149 Å². The number of rotatable bonds is 5. The van der Waals surface area contributed by atoms with Gasteiger partial charge in [-0.2, -0.15) is 0 Å². The molecule has 2 aliphatic carbocycles. The van der Waals surface area contributed by atoms with Crippen LogP contribution in [0.2, 0.25) is 0 Å². The quantitative estimate of drug-likeness (QED) is 0.431. The third-order valence-corrected chi connectivity index (χ3v) is 5.45. The van der Waals surface area contributed by atoms with Crippen molar-refractivity contribution in [2.75, 3.05) is 0 Å². The first-order valence-electron chi connectivity index (χ1n) is 8.12. The van der Waals surface area contributed by atoms with Crippen molar-refractivity contribution in [2.45, 2.75) is 30.2 Å². The first-order valence-corrected chi connectivity index (χ1v) is 9.27. The van der Waals surface area contributed by atoms with E-state index in [1.807, 2.05) is 12.2 Å². The highest BCUT2D eigenvalue weighted by Gasteiger charge is 2.25. The van der Waals surface area contributed by atoms with Crippen molar-refractivity contribution in [2.24, 2.45) is 0 Å². The third-order valence-electron chi connectivity index (χ3n) is 4.26. The molecule has 2 aliphatic rings. The number of amides is 1.